The molecule has 0 saturated carbocycles. The predicted molar refractivity (Wildman–Crippen MR) is 105 cm³/mol. The summed E-state index contributed by atoms with van der Waals surface area (Å²) in [4.78, 5) is 26.3. The molecule has 1 aliphatic heterocycles. The summed E-state index contributed by atoms with van der Waals surface area (Å²) in [7, 11) is 0. The molecule has 6 nitrogen and oxygen atoms in total. The fraction of sp³-hybridized carbons (Fsp3) is 0.500. The summed E-state index contributed by atoms with van der Waals surface area (Å²) >= 11 is 6.00. The number of alkyl carbamates (subject to hydrolysis) is 1. The number of fused-ring (bicyclic) bond motifs is 1. The van der Waals surface area contributed by atoms with Gasteiger partial charge < -0.3 is 19.4 Å². The summed E-state index contributed by atoms with van der Waals surface area (Å²) in [5, 5.41) is 3.76. The van der Waals surface area contributed by atoms with E-state index in [9.17, 15) is 14.0 Å². The number of carbonyl (C=O) groups excluding carboxylic acids is 2. The molecule has 0 aliphatic carbocycles. The summed E-state index contributed by atoms with van der Waals surface area (Å²) in [6.07, 6.45) is -1.72. The topological polar surface area (TPSA) is 71.8 Å². The Hall–Kier alpha value is -2.28. The van der Waals surface area contributed by atoms with Crippen LogP contribution in [0.25, 0.3) is 11.0 Å². The predicted octanol–water partition coefficient (Wildman–Crippen LogP) is 4.47. The zero-order chi connectivity index (χ0) is 20.6. The maximum Gasteiger partial charge on any atom is 0.407 e. The van der Waals surface area contributed by atoms with E-state index in [-0.39, 0.29) is 30.6 Å². The highest BCUT2D eigenvalue weighted by molar-refractivity contribution is 6.30. The molecule has 0 bridgehead atoms. The molecule has 3 rings (SSSR count). The lowest BCUT2D eigenvalue weighted by Crippen LogP contribution is -2.54. The number of aryl methyl sites for hydroxylation is 1. The molecule has 1 aromatic heterocycles. The highest BCUT2D eigenvalue weighted by atomic mass is 35.5. The molecule has 2 amide bonds. The number of likely N-dealkylation sites (tertiary alicyclic amines) is 1. The monoisotopic (exact) mass is 410 g/mol. The Kier molecular flexibility index (Phi) is 5.57. The molecule has 0 radical (unpaired) electrons. The van der Waals surface area contributed by atoms with Crippen molar-refractivity contribution in [2.75, 3.05) is 13.1 Å². The molecular formula is C20H24ClFN2O4. The number of furan rings is 1. The van der Waals surface area contributed by atoms with E-state index in [4.69, 9.17) is 20.8 Å². The number of nitrogens with one attached hydrogen (secondary N) is 1. The maximum atomic E-state index is 14.2. The normalized spacial score (nSPS) is 20.3. The van der Waals surface area contributed by atoms with Crippen LogP contribution in [0.1, 0.15) is 43.1 Å². The third-order valence-corrected chi connectivity index (χ3v) is 4.90. The van der Waals surface area contributed by atoms with Crippen LogP contribution < -0.4 is 5.32 Å². The van der Waals surface area contributed by atoms with Crippen LogP contribution in [0.2, 0.25) is 5.22 Å². The molecule has 1 N–H and O–H groups in total. The number of rotatable bonds is 2. The van der Waals surface area contributed by atoms with Crippen molar-refractivity contribution in [1.82, 2.24) is 10.2 Å². The van der Waals surface area contributed by atoms with Crippen molar-refractivity contribution in [3.8, 4) is 0 Å². The van der Waals surface area contributed by atoms with E-state index in [1.165, 1.54) is 4.90 Å². The molecule has 0 spiro atoms. The highest BCUT2D eigenvalue weighted by Crippen LogP contribution is 2.30. The number of piperidine rings is 1. The Morgan fingerprint density at radius 2 is 2.04 bits per heavy atom. The van der Waals surface area contributed by atoms with E-state index in [0.717, 1.165) is 10.9 Å². The number of nitrogens with zero attached hydrogens (tertiary/aromatic N) is 1. The molecule has 2 atom stereocenters. The van der Waals surface area contributed by atoms with Gasteiger partial charge in [-0.3, -0.25) is 4.79 Å². The molecule has 2 aromatic rings. The van der Waals surface area contributed by atoms with Crippen LogP contribution in [0.15, 0.2) is 22.6 Å². The molecule has 8 heteroatoms. The van der Waals surface area contributed by atoms with Crippen molar-refractivity contribution >= 4 is 34.6 Å². The number of carbonyl (C=O) groups is 2. The Labute approximate surface area is 167 Å². The number of hydrogen-bond donors (Lipinski definition) is 1. The summed E-state index contributed by atoms with van der Waals surface area (Å²) in [5.74, 6) is -0.328. The van der Waals surface area contributed by atoms with Gasteiger partial charge in [-0.2, -0.15) is 0 Å². The van der Waals surface area contributed by atoms with Gasteiger partial charge in [0, 0.05) is 29.5 Å². The minimum absolute atomic E-state index is 0.0265. The van der Waals surface area contributed by atoms with Crippen LogP contribution in [0.5, 0.6) is 0 Å². The van der Waals surface area contributed by atoms with Crippen LogP contribution >= 0.6 is 11.6 Å². The lowest BCUT2D eigenvalue weighted by atomic mass is 10.0. The Morgan fingerprint density at radius 3 is 2.71 bits per heavy atom. The van der Waals surface area contributed by atoms with Crippen molar-refractivity contribution in [3.63, 3.8) is 0 Å². The minimum Gasteiger partial charge on any atom is -0.444 e. The minimum atomic E-state index is -1.23. The first kappa shape index (κ1) is 20.5. The molecule has 1 unspecified atom stereocenters. The van der Waals surface area contributed by atoms with Crippen LogP contribution in [-0.4, -0.2) is 47.8 Å². The first-order valence-corrected chi connectivity index (χ1v) is 9.53. The standard InChI is InChI=1S/C20H24ClFN2O4/c1-11-15-6-5-12(7-16(15)27-17(11)21)18(25)24-9-13(22)8-14(10-24)23-19(26)28-20(2,3)4/h5-7,13-14H,8-10H2,1-4H3,(H,23,26)/t13-,14?/m1/s1. The first-order chi connectivity index (χ1) is 13.0. The van der Waals surface area contributed by atoms with Gasteiger partial charge in [0.25, 0.3) is 5.91 Å². The lowest BCUT2D eigenvalue weighted by molar-refractivity contribution is 0.0395. The quantitative estimate of drug-likeness (QED) is 0.792. The number of alkyl halides is 1. The van der Waals surface area contributed by atoms with E-state index >= 15 is 0 Å². The highest BCUT2D eigenvalue weighted by Gasteiger charge is 2.32. The Bertz CT molecular complexity index is 905. The lowest BCUT2D eigenvalue weighted by Gasteiger charge is -2.35. The van der Waals surface area contributed by atoms with Crippen molar-refractivity contribution in [3.05, 3.63) is 34.5 Å². The molecular weight excluding hydrogens is 387 g/mol. The molecule has 1 aliphatic rings. The van der Waals surface area contributed by atoms with Gasteiger partial charge in [0.2, 0.25) is 0 Å². The summed E-state index contributed by atoms with van der Waals surface area (Å²) in [6, 6.07) is 4.52. The van der Waals surface area contributed by atoms with E-state index in [2.05, 4.69) is 5.32 Å². The van der Waals surface area contributed by atoms with Crippen LogP contribution in [0, 0.1) is 6.92 Å². The second kappa shape index (κ2) is 7.62. The fourth-order valence-corrected chi connectivity index (χ4v) is 3.48. The van der Waals surface area contributed by atoms with Gasteiger partial charge in [0.1, 0.15) is 17.4 Å². The smallest absolute Gasteiger partial charge is 0.407 e. The van der Waals surface area contributed by atoms with E-state index < -0.39 is 23.9 Å². The van der Waals surface area contributed by atoms with Crippen molar-refractivity contribution in [2.45, 2.75) is 51.9 Å². The fourth-order valence-electron chi connectivity index (χ4n) is 3.29. The molecule has 1 fully saturated rings. The molecule has 152 valence electrons. The number of ether oxygens (including phenoxy) is 1. The number of halogens is 2. The van der Waals surface area contributed by atoms with Gasteiger partial charge in [-0.05, 0) is 51.4 Å². The van der Waals surface area contributed by atoms with Crippen molar-refractivity contribution in [2.24, 2.45) is 0 Å². The van der Waals surface area contributed by atoms with E-state index in [0.29, 0.717) is 11.1 Å². The number of amides is 2. The zero-order valence-electron chi connectivity index (χ0n) is 16.3. The number of benzene rings is 1. The van der Waals surface area contributed by atoms with E-state index in [1.807, 2.05) is 6.92 Å². The number of hydrogen-bond acceptors (Lipinski definition) is 4. The third-order valence-electron chi connectivity index (χ3n) is 4.53. The van der Waals surface area contributed by atoms with Crippen LogP contribution in [0.4, 0.5) is 9.18 Å². The molecule has 2 heterocycles. The molecule has 28 heavy (non-hydrogen) atoms. The second-order valence-electron chi connectivity index (χ2n) is 8.10. The molecule has 1 saturated heterocycles. The van der Waals surface area contributed by atoms with Crippen molar-refractivity contribution in [1.29, 1.82) is 0 Å². The Morgan fingerprint density at radius 1 is 1.32 bits per heavy atom. The van der Waals surface area contributed by atoms with Gasteiger partial charge in [-0.25, -0.2) is 9.18 Å². The average Bonchev–Trinajstić information content (AvgIpc) is 2.85. The SMILES string of the molecule is Cc1c(Cl)oc2cc(C(=O)N3CC(NC(=O)OC(C)(C)C)C[C@@H](F)C3)ccc12. The maximum absolute atomic E-state index is 14.2. The van der Waals surface area contributed by atoms with Crippen molar-refractivity contribution < 1.29 is 23.1 Å². The summed E-state index contributed by atoms with van der Waals surface area (Å²) < 4.78 is 24.9. The van der Waals surface area contributed by atoms with Crippen LogP contribution in [-0.2, 0) is 4.74 Å². The van der Waals surface area contributed by atoms with Gasteiger partial charge in [-0.15, -0.1) is 0 Å². The molecule has 1 aromatic carbocycles. The Balaban J connectivity index is 1.73. The zero-order valence-corrected chi connectivity index (χ0v) is 17.1. The average molecular weight is 411 g/mol. The van der Waals surface area contributed by atoms with Gasteiger partial charge in [0.05, 0.1) is 12.6 Å². The van der Waals surface area contributed by atoms with Gasteiger partial charge in [-0.1, -0.05) is 6.07 Å². The third kappa shape index (κ3) is 4.58. The first-order valence-electron chi connectivity index (χ1n) is 9.15. The van der Waals surface area contributed by atoms with E-state index in [1.54, 1.807) is 39.0 Å². The van der Waals surface area contributed by atoms with Crippen LogP contribution in [0.3, 0.4) is 0 Å². The second-order valence-corrected chi connectivity index (χ2v) is 8.44. The van der Waals surface area contributed by atoms with Gasteiger partial charge >= 0.3 is 6.09 Å². The van der Waals surface area contributed by atoms with Gasteiger partial charge in [0.15, 0.2) is 5.22 Å². The summed E-state index contributed by atoms with van der Waals surface area (Å²) in [6.45, 7) is 7.26. The largest absolute Gasteiger partial charge is 0.444 e. The summed E-state index contributed by atoms with van der Waals surface area (Å²) in [5.41, 5.74) is 1.04.